The molecule has 0 bridgehead atoms. The van der Waals surface area contributed by atoms with Crippen LogP contribution in [-0.2, 0) is 27.3 Å². The summed E-state index contributed by atoms with van der Waals surface area (Å²) in [6.07, 6.45) is 10.7. The van der Waals surface area contributed by atoms with E-state index in [1.54, 1.807) is 0 Å². The normalized spacial score (nSPS) is 34.0. The summed E-state index contributed by atoms with van der Waals surface area (Å²) in [6, 6.07) is 6.35. The van der Waals surface area contributed by atoms with Crippen molar-refractivity contribution in [3.8, 4) is 0 Å². The maximum atomic E-state index is 4.93. The van der Waals surface area contributed by atoms with Crippen molar-refractivity contribution in [2.75, 3.05) is 0 Å². The minimum absolute atomic E-state index is 0. The SMILES string of the molecule is CC.CC1=Cc2cccc(Br)c2C1.CC1C(C)C(C)C(C)C1C.CC1CC2CCCC(Br)C2C1.[CH3-].[Cl][Zr][Cl]. The Bertz CT molecular complexity index is 769. The van der Waals surface area contributed by atoms with Gasteiger partial charge in [0.2, 0.25) is 0 Å². The molecule has 220 valence electrons. The van der Waals surface area contributed by atoms with Crippen LogP contribution in [0.15, 0.2) is 28.2 Å². The molecule has 1 aromatic carbocycles. The van der Waals surface area contributed by atoms with E-state index in [-0.39, 0.29) is 7.43 Å². The number of hydrogen-bond acceptors (Lipinski definition) is 0. The summed E-state index contributed by atoms with van der Waals surface area (Å²) in [5.74, 6) is 7.78. The van der Waals surface area contributed by atoms with Gasteiger partial charge in [0.15, 0.2) is 0 Å². The van der Waals surface area contributed by atoms with Crippen molar-refractivity contribution in [3.63, 3.8) is 0 Å². The Hall–Kier alpha value is 1.38. The molecule has 5 heteroatoms. The average molecular weight is 774 g/mol. The van der Waals surface area contributed by atoms with Gasteiger partial charge in [-0.2, -0.15) is 0 Å². The standard InChI is InChI=1S/C10H17Br.C10H9Br.C10H20.C2H6.CH3.2ClH.Zr/c2*1-7-5-8-3-2-4-10(11)9(8)6-7;1-6-7(2)9(4)10(5)8(6)3;1-2;;;;/h7-10H,2-6H2,1H3;2-5H,6H2,1H3;6-10H,1-5H3;1-2H3;1H3;2*1H;/q;;;;-1;;;+2/p-2. The molecule has 0 aromatic heterocycles. The third-order valence-electron chi connectivity index (χ3n) is 9.66. The van der Waals surface area contributed by atoms with Crippen LogP contribution in [0.25, 0.3) is 6.08 Å². The zero-order chi connectivity index (χ0) is 28.3. The second-order valence-electron chi connectivity index (χ2n) is 11.8. The maximum absolute atomic E-state index is 4.93. The van der Waals surface area contributed by atoms with Crippen molar-refractivity contribution in [2.24, 2.45) is 47.3 Å². The van der Waals surface area contributed by atoms with E-state index in [0.717, 1.165) is 58.6 Å². The van der Waals surface area contributed by atoms with Crippen LogP contribution >= 0.6 is 48.9 Å². The molecule has 0 aliphatic heterocycles. The predicted molar refractivity (Wildman–Crippen MR) is 179 cm³/mol. The molecule has 4 atom stereocenters. The van der Waals surface area contributed by atoms with Gasteiger partial charge in [-0.05, 0) is 97.1 Å². The van der Waals surface area contributed by atoms with E-state index < -0.39 is 20.8 Å². The first kappa shape index (κ1) is 39.4. The summed E-state index contributed by atoms with van der Waals surface area (Å²) in [5, 5.41) is 0. The van der Waals surface area contributed by atoms with Gasteiger partial charge < -0.3 is 7.43 Å². The van der Waals surface area contributed by atoms with Gasteiger partial charge in [0.05, 0.1) is 0 Å². The van der Waals surface area contributed by atoms with Crippen LogP contribution in [0.2, 0.25) is 0 Å². The van der Waals surface area contributed by atoms with Crippen molar-refractivity contribution in [1.82, 2.24) is 0 Å². The van der Waals surface area contributed by atoms with Crippen LogP contribution in [0.5, 0.6) is 0 Å². The summed E-state index contributed by atoms with van der Waals surface area (Å²) in [6.45, 7) is 20.6. The fourth-order valence-electron chi connectivity index (χ4n) is 6.90. The molecule has 1 aromatic rings. The molecule has 4 aliphatic carbocycles. The molecule has 0 radical (unpaired) electrons. The van der Waals surface area contributed by atoms with Gasteiger partial charge >= 0.3 is 37.9 Å². The quantitative estimate of drug-likeness (QED) is 0.182. The molecular weight excluding hydrogens is 718 g/mol. The molecule has 0 spiro atoms. The van der Waals surface area contributed by atoms with Crippen LogP contribution in [0.4, 0.5) is 0 Å². The first-order valence-corrected chi connectivity index (χ1v) is 22.6. The van der Waals surface area contributed by atoms with E-state index >= 15 is 0 Å². The van der Waals surface area contributed by atoms with Crippen molar-refractivity contribution in [1.29, 1.82) is 0 Å². The van der Waals surface area contributed by atoms with E-state index in [1.807, 2.05) is 13.8 Å². The monoisotopic (exact) mass is 769 g/mol. The van der Waals surface area contributed by atoms with Crippen LogP contribution < -0.4 is 0 Å². The topological polar surface area (TPSA) is 0 Å². The van der Waals surface area contributed by atoms with Gasteiger partial charge in [0.1, 0.15) is 0 Å². The van der Waals surface area contributed by atoms with E-state index in [1.165, 1.54) is 53.3 Å². The van der Waals surface area contributed by atoms with Crippen LogP contribution in [0.3, 0.4) is 0 Å². The molecule has 0 amide bonds. The third kappa shape index (κ3) is 11.6. The molecule has 38 heavy (non-hydrogen) atoms. The number of benzene rings is 1. The number of fused-ring (bicyclic) bond motifs is 2. The van der Waals surface area contributed by atoms with Crippen LogP contribution in [0.1, 0.15) is 106 Å². The van der Waals surface area contributed by atoms with Gasteiger partial charge in [-0.25, -0.2) is 0 Å². The summed E-state index contributed by atoms with van der Waals surface area (Å²) < 4.78 is 1.24. The Morgan fingerprint density at radius 1 is 0.842 bits per heavy atom. The van der Waals surface area contributed by atoms with Gasteiger partial charge in [-0.15, -0.1) is 0 Å². The first-order valence-electron chi connectivity index (χ1n) is 14.6. The molecule has 0 heterocycles. The third-order valence-corrected chi connectivity index (χ3v) is 11.5. The molecule has 0 nitrogen and oxygen atoms in total. The number of alkyl halides is 1. The van der Waals surface area contributed by atoms with Crippen LogP contribution in [-0.4, -0.2) is 4.83 Å². The van der Waals surface area contributed by atoms with E-state index in [4.69, 9.17) is 17.0 Å². The Balaban J connectivity index is 0.000000492. The molecule has 4 unspecified atom stereocenters. The average Bonchev–Trinajstić information content (AvgIpc) is 3.51. The molecule has 0 saturated heterocycles. The summed E-state index contributed by atoms with van der Waals surface area (Å²) >= 11 is 6.54. The van der Waals surface area contributed by atoms with Crippen molar-refractivity contribution in [3.05, 3.63) is 46.8 Å². The zero-order valence-corrected chi connectivity index (χ0v) is 32.9. The minimum atomic E-state index is -0.826. The molecular formula is C33H55Br2Cl2Zr-. The summed E-state index contributed by atoms with van der Waals surface area (Å²) in [5.41, 5.74) is 4.26. The van der Waals surface area contributed by atoms with Gasteiger partial charge in [0.25, 0.3) is 0 Å². The number of hydrogen-bond donors (Lipinski definition) is 0. The van der Waals surface area contributed by atoms with Gasteiger partial charge in [-0.1, -0.05) is 124 Å². The number of halogens is 4. The fraction of sp³-hybridized carbons (Fsp3) is 0.727. The Kier molecular flexibility index (Phi) is 21.1. The van der Waals surface area contributed by atoms with E-state index in [2.05, 4.69) is 105 Å². The molecule has 3 fully saturated rings. The predicted octanol–water partition coefficient (Wildman–Crippen LogP) is 13.0. The van der Waals surface area contributed by atoms with E-state index in [0.29, 0.717) is 0 Å². The Morgan fingerprint density at radius 3 is 1.79 bits per heavy atom. The second-order valence-corrected chi connectivity index (χ2v) is 17.6. The summed E-state index contributed by atoms with van der Waals surface area (Å²) in [7, 11) is 9.87. The zero-order valence-electron chi connectivity index (χ0n) is 25.8. The van der Waals surface area contributed by atoms with Gasteiger partial charge in [0, 0.05) is 9.30 Å². The molecule has 0 N–H and O–H groups in total. The number of allylic oxidation sites excluding steroid dienone is 1. The van der Waals surface area contributed by atoms with Crippen molar-refractivity contribution in [2.45, 2.75) is 106 Å². The van der Waals surface area contributed by atoms with Crippen LogP contribution in [0, 0.1) is 54.8 Å². The van der Waals surface area contributed by atoms with Crippen molar-refractivity contribution >= 4 is 55.0 Å². The van der Waals surface area contributed by atoms with Gasteiger partial charge in [-0.3, -0.25) is 0 Å². The Labute approximate surface area is 273 Å². The molecule has 5 rings (SSSR count). The fourth-order valence-corrected chi connectivity index (χ4v) is 8.39. The molecule has 4 aliphatic rings. The Morgan fingerprint density at radius 2 is 1.34 bits per heavy atom. The summed E-state index contributed by atoms with van der Waals surface area (Å²) in [4.78, 5) is 0.853. The van der Waals surface area contributed by atoms with Crippen molar-refractivity contribution < 1.29 is 20.8 Å². The molecule has 3 saturated carbocycles. The number of rotatable bonds is 0. The first-order chi connectivity index (χ1) is 17.5. The second kappa shape index (κ2) is 20.3. The van der Waals surface area contributed by atoms with E-state index in [9.17, 15) is 0 Å².